The van der Waals surface area contributed by atoms with Crippen LogP contribution in [0.1, 0.15) is 93.9 Å². The Bertz CT molecular complexity index is 466. The summed E-state index contributed by atoms with van der Waals surface area (Å²) < 4.78 is 0. The standard InChI is InChI=1S/C22H41NO6/c1-15(2)9-11-20(24)27-23(28-21(25)12-10-16(3)4)29-22(26)19(13-17(5)6)14-18(7)8/h15-19H,9-14H2,1-8H3. The summed E-state index contributed by atoms with van der Waals surface area (Å²) >= 11 is 0. The van der Waals surface area contributed by atoms with Crippen molar-refractivity contribution in [2.75, 3.05) is 0 Å². The van der Waals surface area contributed by atoms with Gasteiger partial charge in [0.15, 0.2) is 0 Å². The van der Waals surface area contributed by atoms with E-state index in [1.54, 1.807) is 0 Å². The smallest absolute Gasteiger partial charge is 0.300 e. The molecule has 0 unspecified atom stereocenters. The Labute approximate surface area is 176 Å². The van der Waals surface area contributed by atoms with Crippen LogP contribution >= 0.6 is 0 Å². The van der Waals surface area contributed by atoms with Crippen LogP contribution in [0.3, 0.4) is 0 Å². The van der Waals surface area contributed by atoms with Crippen LogP contribution in [-0.4, -0.2) is 23.3 Å². The molecule has 7 heteroatoms. The molecule has 29 heavy (non-hydrogen) atoms. The van der Waals surface area contributed by atoms with Gasteiger partial charge in [-0.05, 0) is 49.4 Å². The van der Waals surface area contributed by atoms with Gasteiger partial charge in [-0.1, -0.05) is 55.4 Å². The first-order valence-electron chi connectivity index (χ1n) is 10.8. The molecule has 0 fully saturated rings. The van der Waals surface area contributed by atoms with Crippen LogP contribution in [0.25, 0.3) is 0 Å². The Balaban J connectivity index is 5.09. The van der Waals surface area contributed by atoms with E-state index in [1.165, 1.54) is 0 Å². The lowest BCUT2D eigenvalue weighted by molar-refractivity contribution is -0.465. The maximum absolute atomic E-state index is 12.7. The lowest BCUT2D eigenvalue weighted by Gasteiger charge is -2.23. The van der Waals surface area contributed by atoms with Crippen molar-refractivity contribution in [3.8, 4) is 0 Å². The maximum atomic E-state index is 12.7. The number of nitrogens with zero attached hydrogens (tertiary/aromatic N) is 1. The quantitative estimate of drug-likeness (QED) is 0.359. The minimum atomic E-state index is -0.618. The molecular formula is C22H41NO6. The number of hydrogen-bond acceptors (Lipinski definition) is 7. The number of carbonyl (C=O) groups excluding carboxylic acids is 3. The molecule has 0 rings (SSSR count). The summed E-state index contributed by atoms with van der Waals surface area (Å²) in [6.07, 6.45) is 2.77. The first-order chi connectivity index (χ1) is 13.4. The normalized spacial score (nSPS) is 11.8. The van der Waals surface area contributed by atoms with E-state index in [1.807, 2.05) is 55.4 Å². The summed E-state index contributed by atoms with van der Waals surface area (Å²) in [6.45, 7) is 16.0. The molecular weight excluding hydrogens is 374 g/mol. The highest BCUT2D eigenvalue weighted by atomic mass is 17.2. The van der Waals surface area contributed by atoms with Gasteiger partial charge in [0.05, 0.1) is 5.92 Å². The van der Waals surface area contributed by atoms with Gasteiger partial charge in [-0.2, -0.15) is 0 Å². The summed E-state index contributed by atoms with van der Waals surface area (Å²) in [5.74, 6) is -0.965. The third-order valence-electron chi connectivity index (χ3n) is 4.21. The lowest BCUT2D eigenvalue weighted by atomic mass is 9.89. The Morgan fingerprint density at radius 2 is 1.00 bits per heavy atom. The van der Waals surface area contributed by atoms with E-state index in [-0.39, 0.29) is 18.8 Å². The Hall–Kier alpha value is -1.63. The fraction of sp³-hybridized carbons (Fsp3) is 0.864. The molecule has 0 radical (unpaired) electrons. The first-order valence-corrected chi connectivity index (χ1v) is 10.8. The highest BCUT2D eigenvalue weighted by Gasteiger charge is 2.29. The van der Waals surface area contributed by atoms with Crippen LogP contribution < -0.4 is 0 Å². The van der Waals surface area contributed by atoms with Crippen molar-refractivity contribution >= 4 is 17.9 Å². The van der Waals surface area contributed by atoms with Gasteiger partial charge in [0.25, 0.3) is 0 Å². The van der Waals surface area contributed by atoms with E-state index in [9.17, 15) is 14.4 Å². The molecule has 0 saturated heterocycles. The van der Waals surface area contributed by atoms with Gasteiger partial charge in [-0.3, -0.25) is 9.59 Å². The molecule has 0 aromatic carbocycles. The third kappa shape index (κ3) is 14.9. The van der Waals surface area contributed by atoms with Gasteiger partial charge in [0.2, 0.25) is 5.39 Å². The number of hydrogen-bond donors (Lipinski definition) is 0. The molecule has 0 amide bonds. The van der Waals surface area contributed by atoms with Crippen LogP contribution in [0.2, 0.25) is 0 Å². The Kier molecular flexibility index (Phi) is 13.6. The molecule has 0 aliphatic heterocycles. The van der Waals surface area contributed by atoms with Crippen LogP contribution in [0.5, 0.6) is 0 Å². The zero-order chi connectivity index (χ0) is 22.6. The average molecular weight is 416 g/mol. The second-order valence-corrected chi connectivity index (χ2v) is 9.38. The monoisotopic (exact) mass is 415 g/mol. The van der Waals surface area contributed by atoms with Gasteiger partial charge < -0.3 is 14.5 Å². The SMILES string of the molecule is CC(C)CCC(=O)ON(OC(=O)CCC(C)C)OC(=O)C(CC(C)C)CC(C)C. The van der Waals surface area contributed by atoms with Gasteiger partial charge >= 0.3 is 17.9 Å². The van der Waals surface area contributed by atoms with E-state index >= 15 is 0 Å². The molecule has 0 aliphatic rings. The Morgan fingerprint density at radius 3 is 1.31 bits per heavy atom. The van der Waals surface area contributed by atoms with E-state index in [4.69, 9.17) is 14.5 Å². The van der Waals surface area contributed by atoms with Crippen LogP contribution in [0, 0.1) is 29.6 Å². The predicted octanol–water partition coefficient (Wildman–Crippen LogP) is 5.24. The fourth-order valence-corrected chi connectivity index (χ4v) is 2.70. The highest BCUT2D eigenvalue weighted by Crippen LogP contribution is 2.22. The molecule has 0 N–H and O–H groups in total. The van der Waals surface area contributed by atoms with Gasteiger partial charge in [0, 0.05) is 12.8 Å². The molecule has 0 aromatic heterocycles. The molecule has 0 saturated carbocycles. The highest BCUT2D eigenvalue weighted by molar-refractivity contribution is 5.73. The van der Waals surface area contributed by atoms with Crippen molar-refractivity contribution in [1.82, 2.24) is 5.39 Å². The zero-order valence-corrected chi connectivity index (χ0v) is 19.5. The van der Waals surface area contributed by atoms with Crippen molar-refractivity contribution in [3.05, 3.63) is 0 Å². The summed E-state index contributed by atoms with van der Waals surface area (Å²) in [5.41, 5.74) is 0. The molecule has 0 aromatic rings. The van der Waals surface area contributed by atoms with Crippen LogP contribution in [0.4, 0.5) is 0 Å². The first kappa shape index (κ1) is 27.4. The lowest BCUT2D eigenvalue weighted by Crippen LogP contribution is -2.35. The van der Waals surface area contributed by atoms with Crippen molar-refractivity contribution < 1.29 is 28.9 Å². The number of rotatable bonds is 14. The molecule has 0 heterocycles. The maximum Gasteiger partial charge on any atom is 0.335 e. The summed E-state index contributed by atoms with van der Waals surface area (Å²) in [7, 11) is 0. The van der Waals surface area contributed by atoms with Crippen molar-refractivity contribution in [2.24, 2.45) is 29.6 Å². The topological polar surface area (TPSA) is 82.1 Å². The van der Waals surface area contributed by atoms with Crippen molar-refractivity contribution in [2.45, 2.75) is 93.9 Å². The van der Waals surface area contributed by atoms with Crippen molar-refractivity contribution in [3.63, 3.8) is 0 Å². The predicted molar refractivity (Wildman–Crippen MR) is 111 cm³/mol. The summed E-state index contributed by atoms with van der Waals surface area (Å²) in [6, 6.07) is 0. The van der Waals surface area contributed by atoms with E-state index in [0.29, 0.717) is 54.7 Å². The molecule has 0 atom stereocenters. The molecule has 0 aliphatic carbocycles. The molecule has 170 valence electrons. The third-order valence-corrected chi connectivity index (χ3v) is 4.21. The molecule has 7 nitrogen and oxygen atoms in total. The van der Waals surface area contributed by atoms with Gasteiger partial charge in [-0.25, -0.2) is 4.79 Å². The van der Waals surface area contributed by atoms with Gasteiger partial charge in [0.1, 0.15) is 0 Å². The van der Waals surface area contributed by atoms with Crippen LogP contribution in [0.15, 0.2) is 0 Å². The second-order valence-electron chi connectivity index (χ2n) is 9.38. The fourth-order valence-electron chi connectivity index (χ4n) is 2.70. The largest absolute Gasteiger partial charge is 0.335 e. The van der Waals surface area contributed by atoms with E-state index < -0.39 is 17.9 Å². The van der Waals surface area contributed by atoms with Crippen LogP contribution in [-0.2, 0) is 28.9 Å². The summed E-state index contributed by atoms with van der Waals surface area (Å²) in [5, 5.41) is 0.307. The minimum absolute atomic E-state index is 0.136. The molecule has 0 bridgehead atoms. The van der Waals surface area contributed by atoms with Gasteiger partial charge in [-0.15, -0.1) is 0 Å². The zero-order valence-electron chi connectivity index (χ0n) is 19.5. The minimum Gasteiger partial charge on any atom is -0.300 e. The second kappa shape index (κ2) is 14.4. The van der Waals surface area contributed by atoms with E-state index in [0.717, 1.165) is 0 Å². The number of carbonyl (C=O) groups is 3. The average Bonchev–Trinajstić information content (AvgIpc) is 2.56. The summed E-state index contributed by atoms with van der Waals surface area (Å²) in [4.78, 5) is 52.0. The molecule has 0 spiro atoms. The van der Waals surface area contributed by atoms with Crippen molar-refractivity contribution in [1.29, 1.82) is 0 Å². The Morgan fingerprint density at radius 1 is 0.621 bits per heavy atom. The van der Waals surface area contributed by atoms with E-state index in [2.05, 4.69) is 0 Å².